The van der Waals surface area contributed by atoms with Crippen LogP contribution >= 0.6 is 0 Å². The van der Waals surface area contributed by atoms with E-state index in [0.717, 1.165) is 18.8 Å². The molecule has 0 spiro atoms. The van der Waals surface area contributed by atoms with Gasteiger partial charge in [0.15, 0.2) is 0 Å². The first-order valence-electron chi connectivity index (χ1n) is 7.49. The fourth-order valence-electron chi connectivity index (χ4n) is 2.35. The average molecular weight is 285 g/mol. The fraction of sp³-hybridized carbons (Fsp3) is 0.471. The molecule has 0 amide bonds. The Labute approximate surface area is 126 Å². The molecule has 1 heterocycles. The van der Waals surface area contributed by atoms with Gasteiger partial charge in [-0.05, 0) is 30.4 Å². The lowest BCUT2D eigenvalue weighted by atomic mass is 10.0. The van der Waals surface area contributed by atoms with Crippen LogP contribution < -0.4 is 0 Å². The second kappa shape index (κ2) is 7.16. The van der Waals surface area contributed by atoms with Gasteiger partial charge < -0.3 is 0 Å². The number of hydrogen-bond donors (Lipinski definition) is 0. The van der Waals surface area contributed by atoms with Crippen LogP contribution in [0.4, 0.5) is 0 Å². The minimum Gasteiger partial charge on any atom is -0.299 e. The summed E-state index contributed by atoms with van der Waals surface area (Å²) in [5.41, 5.74) is 2.49. The summed E-state index contributed by atoms with van der Waals surface area (Å²) in [6, 6.07) is 8.21. The summed E-state index contributed by atoms with van der Waals surface area (Å²) in [4.78, 5) is 16.4. The van der Waals surface area contributed by atoms with Crippen LogP contribution in [0.3, 0.4) is 0 Å². The second-order valence-electron chi connectivity index (χ2n) is 5.89. The maximum atomic E-state index is 12.2. The molecule has 4 heteroatoms. The van der Waals surface area contributed by atoms with E-state index in [9.17, 15) is 4.79 Å². The van der Waals surface area contributed by atoms with E-state index in [-0.39, 0.29) is 5.78 Å². The maximum Gasteiger partial charge on any atom is 0.140 e. The Morgan fingerprint density at radius 3 is 2.76 bits per heavy atom. The van der Waals surface area contributed by atoms with E-state index < -0.39 is 0 Å². The standard InChI is InChI=1S/C17H23N3O/c1-13(2)11-20-17(18-12-19-20)10-16(21)9-8-15-7-5-4-6-14(15)3/h4-7,12-13H,8-11H2,1-3H3. The number of Topliss-reactive ketones (excluding diaryl/α,β-unsaturated/α-hetero) is 1. The van der Waals surface area contributed by atoms with Crippen molar-refractivity contribution in [1.29, 1.82) is 0 Å². The van der Waals surface area contributed by atoms with E-state index in [1.807, 2.05) is 16.8 Å². The zero-order valence-corrected chi connectivity index (χ0v) is 13.0. The smallest absolute Gasteiger partial charge is 0.140 e. The van der Waals surface area contributed by atoms with Crippen LogP contribution in [0.5, 0.6) is 0 Å². The van der Waals surface area contributed by atoms with Crippen LogP contribution in [-0.2, 0) is 24.2 Å². The van der Waals surface area contributed by atoms with Crippen molar-refractivity contribution in [2.75, 3.05) is 0 Å². The highest BCUT2D eigenvalue weighted by atomic mass is 16.1. The molecule has 1 aromatic heterocycles. The Morgan fingerprint density at radius 2 is 2.05 bits per heavy atom. The molecule has 4 nitrogen and oxygen atoms in total. The molecule has 1 aromatic carbocycles. The van der Waals surface area contributed by atoms with E-state index in [0.29, 0.717) is 18.8 Å². The molecular formula is C17H23N3O. The van der Waals surface area contributed by atoms with Gasteiger partial charge in [0.1, 0.15) is 17.9 Å². The van der Waals surface area contributed by atoms with E-state index in [1.54, 1.807) is 0 Å². The molecule has 0 aliphatic heterocycles. The molecule has 0 aliphatic carbocycles. The summed E-state index contributed by atoms with van der Waals surface area (Å²) < 4.78 is 1.84. The molecule has 0 aliphatic rings. The van der Waals surface area contributed by atoms with Crippen LogP contribution in [0, 0.1) is 12.8 Å². The zero-order chi connectivity index (χ0) is 15.2. The minimum atomic E-state index is 0.219. The van der Waals surface area contributed by atoms with Gasteiger partial charge in [-0.25, -0.2) is 9.67 Å². The molecule has 0 bridgehead atoms. The first-order valence-corrected chi connectivity index (χ1v) is 7.49. The lowest BCUT2D eigenvalue weighted by Gasteiger charge is -2.08. The van der Waals surface area contributed by atoms with E-state index in [4.69, 9.17) is 0 Å². The maximum absolute atomic E-state index is 12.2. The largest absolute Gasteiger partial charge is 0.299 e. The Bertz CT molecular complexity index is 602. The molecule has 0 radical (unpaired) electrons. The summed E-state index contributed by atoms with van der Waals surface area (Å²) in [6.07, 6.45) is 3.26. The summed E-state index contributed by atoms with van der Waals surface area (Å²) in [5.74, 6) is 1.49. The zero-order valence-electron chi connectivity index (χ0n) is 13.0. The highest BCUT2D eigenvalue weighted by Crippen LogP contribution is 2.11. The topological polar surface area (TPSA) is 47.8 Å². The Balaban J connectivity index is 1.90. The lowest BCUT2D eigenvalue weighted by molar-refractivity contribution is -0.118. The number of ketones is 1. The second-order valence-corrected chi connectivity index (χ2v) is 5.89. The molecular weight excluding hydrogens is 262 g/mol. The molecule has 0 saturated heterocycles. The highest BCUT2D eigenvalue weighted by Gasteiger charge is 2.11. The third-order valence-corrected chi connectivity index (χ3v) is 3.52. The fourth-order valence-corrected chi connectivity index (χ4v) is 2.35. The summed E-state index contributed by atoms with van der Waals surface area (Å²) in [5, 5.41) is 4.20. The van der Waals surface area contributed by atoms with Crippen LogP contribution in [0.2, 0.25) is 0 Å². The van der Waals surface area contributed by atoms with E-state index >= 15 is 0 Å². The van der Waals surface area contributed by atoms with E-state index in [1.165, 1.54) is 17.5 Å². The van der Waals surface area contributed by atoms with Crippen LogP contribution in [0.25, 0.3) is 0 Å². The van der Waals surface area contributed by atoms with Crippen molar-refractivity contribution in [3.63, 3.8) is 0 Å². The summed E-state index contributed by atoms with van der Waals surface area (Å²) in [7, 11) is 0. The molecule has 2 rings (SSSR count). The molecule has 0 atom stereocenters. The quantitative estimate of drug-likeness (QED) is 0.785. The van der Waals surface area contributed by atoms with Gasteiger partial charge in [0, 0.05) is 13.0 Å². The predicted octanol–water partition coefficient (Wildman–Crippen LogP) is 2.99. The number of carbonyl (C=O) groups excluding carboxylic acids is 1. The van der Waals surface area contributed by atoms with Gasteiger partial charge in [0.25, 0.3) is 0 Å². The highest BCUT2D eigenvalue weighted by molar-refractivity contribution is 5.80. The van der Waals surface area contributed by atoms with Gasteiger partial charge >= 0.3 is 0 Å². The molecule has 2 aromatic rings. The first-order chi connectivity index (χ1) is 10.1. The van der Waals surface area contributed by atoms with Crippen molar-refractivity contribution >= 4 is 5.78 Å². The Morgan fingerprint density at radius 1 is 1.29 bits per heavy atom. The number of aromatic nitrogens is 3. The monoisotopic (exact) mass is 285 g/mol. The summed E-state index contributed by atoms with van der Waals surface area (Å²) in [6.45, 7) is 7.15. The number of aryl methyl sites for hydroxylation is 2. The number of carbonyl (C=O) groups is 1. The summed E-state index contributed by atoms with van der Waals surface area (Å²) >= 11 is 0. The van der Waals surface area contributed by atoms with Crippen LogP contribution in [0.1, 0.15) is 37.2 Å². The van der Waals surface area contributed by atoms with Crippen molar-refractivity contribution in [3.05, 3.63) is 47.5 Å². The minimum absolute atomic E-state index is 0.219. The van der Waals surface area contributed by atoms with Crippen molar-refractivity contribution in [1.82, 2.24) is 14.8 Å². The third-order valence-electron chi connectivity index (χ3n) is 3.52. The Kier molecular flexibility index (Phi) is 5.26. The molecule has 21 heavy (non-hydrogen) atoms. The number of hydrogen-bond acceptors (Lipinski definition) is 3. The molecule has 0 N–H and O–H groups in total. The van der Waals surface area contributed by atoms with Gasteiger partial charge in [0.05, 0.1) is 6.42 Å². The van der Waals surface area contributed by atoms with Gasteiger partial charge in [0.2, 0.25) is 0 Å². The Hall–Kier alpha value is -1.97. The van der Waals surface area contributed by atoms with Crippen molar-refractivity contribution in [3.8, 4) is 0 Å². The third kappa shape index (κ3) is 4.52. The van der Waals surface area contributed by atoms with Gasteiger partial charge in [-0.3, -0.25) is 4.79 Å². The average Bonchev–Trinajstić information content (AvgIpc) is 2.84. The number of rotatable bonds is 7. The number of benzene rings is 1. The first kappa shape index (κ1) is 15.4. The molecule has 0 unspecified atom stereocenters. The molecule has 112 valence electrons. The predicted molar refractivity (Wildman–Crippen MR) is 83.1 cm³/mol. The SMILES string of the molecule is Cc1ccccc1CCC(=O)Cc1ncnn1CC(C)C. The molecule has 0 fully saturated rings. The van der Waals surface area contributed by atoms with Crippen LogP contribution in [0.15, 0.2) is 30.6 Å². The van der Waals surface area contributed by atoms with Crippen molar-refractivity contribution in [2.45, 2.75) is 46.6 Å². The number of nitrogens with zero attached hydrogens (tertiary/aromatic N) is 3. The van der Waals surface area contributed by atoms with Crippen molar-refractivity contribution in [2.24, 2.45) is 5.92 Å². The van der Waals surface area contributed by atoms with E-state index in [2.05, 4.69) is 43.0 Å². The van der Waals surface area contributed by atoms with Gasteiger partial charge in [-0.15, -0.1) is 0 Å². The van der Waals surface area contributed by atoms with Crippen molar-refractivity contribution < 1.29 is 4.79 Å². The van der Waals surface area contributed by atoms with Gasteiger partial charge in [-0.2, -0.15) is 5.10 Å². The van der Waals surface area contributed by atoms with Gasteiger partial charge in [-0.1, -0.05) is 38.1 Å². The normalized spacial score (nSPS) is 11.0. The lowest BCUT2D eigenvalue weighted by Crippen LogP contribution is -2.14. The molecule has 0 saturated carbocycles. The van der Waals surface area contributed by atoms with Crippen LogP contribution in [-0.4, -0.2) is 20.5 Å².